The van der Waals surface area contributed by atoms with E-state index in [1.807, 2.05) is 6.92 Å². The van der Waals surface area contributed by atoms with Crippen molar-refractivity contribution in [2.24, 2.45) is 0 Å². The second-order valence-electron chi connectivity index (χ2n) is 5.54. The number of ether oxygens (including phenoxy) is 2. The molecule has 0 fully saturated rings. The molecule has 0 amide bonds. The van der Waals surface area contributed by atoms with Gasteiger partial charge in [-0.2, -0.15) is 0 Å². The van der Waals surface area contributed by atoms with Crippen molar-refractivity contribution >= 4 is 11.8 Å². The van der Waals surface area contributed by atoms with Crippen LogP contribution in [0.3, 0.4) is 0 Å². The topological polar surface area (TPSA) is 85.7 Å². The number of hydrogen-bond acceptors (Lipinski definition) is 6. The number of hydrogen-bond donors (Lipinski definition) is 1. The van der Waals surface area contributed by atoms with Gasteiger partial charge in [0.2, 0.25) is 0 Å². The SMILES string of the molecule is CCCc1c(OCc2cccc(C(=O)OC)n2)ccc(C(C)=O)c1O. The first kappa shape index (κ1) is 18.4. The first-order valence-corrected chi connectivity index (χ1v) is 8.00. The fourth-order valence-corrected chi connectivity index (χ4v) is 2.46. The minimum absolute atomic E-state index is 0.0388. The van der Waals surface area contributed by atoms with E-state index in [0.29, 0.717) is 23.4 Å². The van der Waals surface area contributed by atoms with Gasteiger partial charge in [0.05, 0.1) is 18.4 Å². The Balaban J connectivity index is 2.24. The third kappa shape index (κ3) is 4.35. The monoisotopic (exact) mass is 343 g/mol. The number of ketones is 1. The molecular weight excluding hydrogens is 322 g/mol. The summed E-state index contributed by atoms with van der Waals surface area (Å²) in [7, 11) is 1.30. The Morgan fingerprint density at radius 3 is 2.60 bits per heavy atom. The zero-order valence-electron chi connectivity index (χ0n) is 14.5. The molecule has 1 heterocycles. The van der Waals surface area contributed by atoms with E-state index in [1.54, 1.807) is 30.3 Å². The molecule has 0 unspecified atom stereocenters. The van der Waals surface area contributed by atoms with Gasteiger partial charge in [0, 0.05) is 5.56 Å². The number of aromatic hydroxyl groups is 1. The van der Waals surface area contributed by atoms with E-state index >= 15 is 0 Å². The number of methoxy groups -OCH3 is 1. The average molecular weight is 343 g/mol. The Labute approximate surface area is 146 Å². The highest BCUT2D eigenvalue weighted by Gasteiger charge is 2.16. The second-order valence-corrected chi connectivity index (χ2v) is 5.54. The van der Waals surface area contributed by atoms with E-state index in [4.69, 9.17) is 4.74 Å². The van der Waals surface area contributed by atoms with E-state index < -0.39 is 5.97 Å². The molecule has 2 aromatic rings. The minimum atomic E-state index is -0.517. The van der Waals surface area contributed by atoms with Gasteiger partial charge in [-0.15, -0.1) is 0 Å². The normalized spacial score (nSPS) is 10.4. The number of carbonyl (C=O) groups is 2. The van der Waals surface area contributed by atoms with Crippen molar-refractivity contribution in [3.8, 4) is 11.5 Å². The standard InChI is InChI=1S/C19H21NO5/c1-4-6-15-17(10-9-14(12(2)21)18(15)22)25-11-13-7-5-8-16(20-13)19(23)24-3/h5,7-10,22H,4,6,11H2,1-3H3. The molecule has 1 N–H and O–H groups in total. The number of aromatic nitrogens is 1. The molecule has 6 nitrogen and oxygen atoms in total. The fraction of sp³-hybridized carbons (Fsp3) is 0.316. The number of benzene rings is 1. The molecule has 0 aliphatic heterocycles. The van der Waals surface area contributed by atoms with Crippen LogP contribution in [0.4, 0.5) is 0 Å². The van der Waals surface area contributed by atoms with Gasteiger partial charge in [-0.1, -0.05) is 19.4 Å². The fourth-order valence-electron chi connectivity index (χ4n) is 2.46. The van der Waals surface area contributed by atoms with E-state index in [-0.39, 0.29) is 29.4 Å². The van der Waals surface area contributed by atoms with Crippen LogP contribution in [0.15, 0.2) is 30.3 Å². The van der Waals surface area contributed by atoms with Gasteiger partial charge < -0.3 is 14.6 Å². The molecule has 0 atom stereocenters. The number of carbonyl (C=O) groups excluding carboxylic acids is 2. The van der Waals surface area contributed by atoms with E-state index in [9.17, 15) is 14.7 Å². The van der Waals surface area contributed by atoms with Gasteiger partial charge in [-0.3, -0.25) is 4.79 Å². The van der Waals surface area contributed by atoms with Crippen molar-refractivity contribution in [3.63, 3.8) is 0 Å². The number of phenols is 1. The maximum atomic E-state index is 11.6. The molecule has 1 aromatic carbocycles. The largest absolute Gasteiger partial charge is 0.507 e. The van der Waals surface area contributed by atoms with E-state index in [0.717, 1.165) is 6.42 Å². The molecule has 0 saturated heterocycles. The maximum Gasteiger partial charge on any atom is 0.356 e. The molecule has 0 aliphatic carbocycles. The highest BCUT2D eigenvalue weighted by molar-refractivity contribution is 5.97. The van der Waals surface area contributed by atoms with Gasteiger partial charge in [0.1, 0.15) is 23.8 Å². The Hall–Kier alpha value is -2.89. The van der Waals surface area contributed by atoms with Gasteiger partial charge in [0.15, 0.2) is 5.78 Å². The average Bonchev–Trinajstić information content (AvgIpc) is 2.61. The minimum Gasteiger partial charge on any atom is -0.507 e. The summed E-state index contributed by atoms with van der Waals surface area (Å²) >= 11 is 0. The first-order valence-electron chi connectivity index (χ1n) is 8.00. The Morgan fingerprint density at radius 2 is 1.96 bits per heavy atom. The van der Waals surface area contributed by atoms with Gasteiger partial charge in [0.25, 0.3) is 0 Å². The van der Waals surface area contributed by atoms with Crippen LogP contribution in [-0.4, -0.2) is 29.0 Å². The van der Waals surface area contributed by atoms with E-state index in [2.05, 4.69) is 9.72 Å². The van der Waals surface area contributed by atoms with Crippen molar-refractivity contribution in [3.05, 3.63) is 52.8 Å². The number of phenolic OH excluding ortho intramolecular Hbond substituents is 1. The van der Waals surface area contributed by atoms with Crippen molar-refractivity contribution in [1.29, 1.82) is 0 Å². The van der Waals surface area contributed by atoms with Crippen LogP contribution in [0.25, 0.3) is 0 Å². The highest BCUT2D eigenvalue weighted by Crippen LogP contribution is 2.33. The lowest BCUT2D eigenvalue weighted by Gasteiger charge is -2.14. The number of pyridine rings is 1. The lowest BCUT2D eigenvalue weighted by molar-refractivity contribution is 0.0593. The first-order chi connectivity index (χ1) is 12.0. The van der Waals surface area contributed by atoms with Crippen molar-refractivity contribution in [2.45, 2.75) is 33.3 Å². The summed E-state index contributed by atoms with van der Waals surface area (Å²) in [5, 5.41) is 10.3. The summed E-state index contributed by atoms with van der Waals surface area (Å²) < 4.78 is 10.4. The molecule has 0 saturated carbocycles. The third-order valence-electron chi connectivity index (χ3n) is 3.70. The van der Waals surface area contributed by atoms with Crippen LogP contribution < -0.4 is 4.74 Å². The van der Waals surface area contributed by atoms with Crippen molar-refractivity contribution < 1.29 is 24.2 Å². The molecule has 6 heteroatoms. The Bertz CT molecular complexity index is 785. The summed E-state index contributed by atoms with van der Waals surface area (Å²) in [6.45, 7) is 3.51. The third-order valence-corrected chi connectivity index (χ3v) is 3.70. The van der Waals surface area contributed by atoms with Crippen LogP contribution in [0, 0.1) is 0 Å². The number of nitrogens with zero attached hydrogens (tertiary/aromatic N) is 1. The molecule has 0 radical (unpaired) electrons. The maximum absolute atomic E-state index is 11.6. The van der Waals surface area contributed by atoms with Crippen LogP contribution >= 0.6 is 0 Å². The summed E-state index contributed by atoms with van der Waals surface area (Å²) in [6.07, 6.45) is 1.37. The molecule has 25 heavy (non-hydrogen) atoms. The number of esters is 1. The molecular formula is C19H21NO5. The van der Waals surface area contributed by atoms with Crippen LogP contribution in [-0.2, 0) is 17.8 Å². The highest BCUT2D eigenvalue weighted by atomic mass is 16.5. The lowest BCUT2D eigenvalue weighted by atomic mass is 10.0. The van der Waals surface area contributed by atoms with Crippen LogP contribution in [0.1, 0.15) is 52.4 Å². The van der Waals surface area contributed by atoms with Crippen molar-refractivity contribution in [1.82, 2.24) is 4.98 Å². The zero-order chi connectivity index (χ0) is 18.4. The quantitative estimate of drug-likeness (QED) is 0.613. The Kier molecular flexibility index (Phi) is 6.11. The molecule has 0 spiro atoms. The summed E-state index contributed by atoms with van der Waals surface area (Å²) in [5.74, 6) is -0.261. The Morgan fingerprint density at radius 1 is 1.20 bits per heavy atom. The number of rotatable bonds is 7. The summed E-state index contributed by atoms with van der Waals surface area (Å²) in [4.78, 5) is 27.3. The van der Waals surface area contributed by atoms with Gasteiger partial charge in [-0.25, -0.2) is 9.78 Å². The molecule has 132 valence electrons. The second kappa shape index (κ2) is 8.28. The molecule has 0 aliphatic rings. The number of Topliss-reactive ketones (excluding diaryl/α,β-unsaturated/α-hetero) is 1. The molecule has 2 rings (SSSR count). The lowest BCUT2D eigenvalue weighted by Crippen LogP contribution is -2.08. The van der Waals surface area contributed by atoms with Crippen molar-refractivity contribution in [2.75, 3.05) is 7.11 Å². The zero-order valence-corrected chi connectivity index (χ0v) is 14.5. The summed E-state index contributed by atoms with van der Waals surface area (Å²) in [6, 6.07) is 8.21. The predicted octanol–water partition coefficient (Wildman–Crippen LogP) is 3.31. The predicted molar refractivity (Wildman–Crippen MR) is 92.0 cm³/mol. The smallest absolute Gasteiger partial charge is 0.356 e. The van der Waals surface area contributed by atoms with E-state index in [1.165, 1.54) is 14.0 Å². The molecule has 1 aromatic heterocycles. The molecule has 0 bridgehead atoms. The van der Waals surface area contributed by atoms with Gasteiger partial charge in [-0.05, 0) is 37.6 Å². The van der Waals surface area contributed by atoms with Crippen LogP contribution in [0.5, 0.6) is 11.5 Å². The summed E-state index contributed by atoms with van der Waals surface area (Å²) in [5.41, 5.74) is 1.63. The van der Waals surface area contributed by atoms with Gasteiger partial charge >= 0.3 is 5.97 Å². The van der Waals surface area contributed by atoms with Crippen LogP contribution in [0.2, 0.25) is 0 Å².